The Kier molecular flexibility index (Phi) is 28.0. The van der Waals surface area contributed by atoms with Crippen molar-refractivity contribution in [3.05, 3.63) is 6.92 Å². The predicted octanol–water partition coefficient (Wildman–Crippen LogP) is 1.51. The van der Waals surface area contributed by atoms with E-state index in [4.69, 9.17) is 0 Å². The van der Waals surface area contributed by atoms with Crippen LogP contribution in [0.5, 0.6) is 0 Å². The molecule has 0 saturated carbocycles. The third-order valence-electron chi connectivity index (χ3n) is 2.10. The minimum atomic E-state index is 0. The fourth-order valence-electron chi connectivity index (χ4n) is 1.31. The van der Waals surface area contributed by atoms with Gasteiger partial charge < -0.3 is 6.92 Å². The Hall–Kier alpha value is 0.930. The molecular formula is C11H24FNa. The van der Waals surface area contributed by atoms with Crippen LogP contribution < -0.4 is 29.6 Å². The van der Waals surface area contributed by atoms with E-state index in [1.165, 1.54) is 51.4 Å². The summed E-state index contributed by atoms with van der Waals surface area (Å²) in [7, 11) is 0. The van der Waals surface area contributed by atoms with Crippen molar-refractivity contribution in [1.29, 1.82) is 0 Å². The molecule has 0 unspecified atom stereocenters. The fourth-order valence-corrected chi connectivity index (χ4v) is 1.31. The van der Waals surface area contributed by atoms with E-state index in [1.807, 2.05) is 0 Å². The zero-order valence-electron chi connectivity index (χ0n) is 9.48. The summed E-state index contributed by atoms with van der Waals surface area (Å²) in [6.07, 6.45) is 12.4. The molecule has 0 bridgehead atoms. The monoisotopic (exact) mass is 198 g/mol. The van der Waals surface area contributed by atoms with Crippen molar-refractivity contribution in [2.45, 2.75) is 64.7 Å². The van der Waals surface area contributed by atoms with Crippen LogP contribution in [0.2, 0.25) is 0 Å². The molecule has 0 fully saturated rings. The fraction of sp³-hybridized carbons (Fsp3) is 0.909. The van der Waals surface area contributed by atoms with Gasteiger partial charge in [-0.1, -0.05) is 58.3 Å². The second-order valence-corrected chi connectivity index (χ2v) is 3.33. The molecule has 2 heteroatoms. The Balaban J connectivity index is -0.000000500. The van der Waals surface area contributed by atoms with E-state index in [2.05, 4.69) is 13.8 Å². The normalized spacial score (nSPS) is 8.77. The molecular weight excluding hydrogens is 174 g/mol. The summed E-state index contributed by atoms with van der Waals surface area (Å²) >= 11 is 0. The van der Waals surface area contributed by atoms with Gasteiger partial charge in [-0.15, -0.1) is 0 Å². The zero-order valence-corrected chi connectivity index (χ0v) is 11.5. The molecule has 0 radical (unpaired) electrons. The van der Waals surface area contributed by atoms with Crippen molar-refractivity contribution in [3.63, 3.8) is 0 Å². The van der Waals surface area contributed by atoms with Crippen LogP contribution in [0.4, 0.5) is 4.70 Å². The molecule has 0 nitrogen and oxygen atoms in total. The number of hydrogen-bond donors (Lipinski definition) is 0. The molecule has 0 aromatic rings. The molecule has 0 heterocycles. The summed E-state index contributed by atoms with van der Waals surface area (Å²) in [5, 5.41) is 0. The van der Waals surface area contributed by atoms with E-state index in [0.717, 1.165) is 6.42 Å². The Morgan fingerprint density at radius 1 is 0.769 bits per heavy atom. The number of halogens is 1. The molecule has 0 amide bonds. The maximum atomic E-state index is 3.83. The largest absolute Gasteiger partial charge is 1.00 e. The molecule has 0 aromatic carbocycles. The Labute approximate surface area is 106 Å². The molecule has 76 valence electrons. The van der Waals surface area contributed by atoms with Crippen LogP contribution in [0.3, 0.4) is 0 Å². The number of unbranched alkanes of at least 4 members (excludes halogenated alkanes) is 8. The smallest absolute Gasteiger partial charge is 0.343 e. The van der Waals surface area contributed by atoms with Crippen molar-refractivity contribution >= 4 is 0 Å². The van der Waals surface area contributed by atoms with Gasteiger partial charge in [0.05, 0.1) is 0 Å². The second kappa shape index (κ2) is 18.7. The second-order valence-electron chi connectivity index (χ2n) is 3.33. The summed E-state index contributed by atoms with van der Waals surface area (Å²) < 4.78 is 0. The van der Waals surface area contributed by atoms with Crippen LogP contribution in [0, 0.1) is 6.92 Å². The summed E-state index contributed by atoms with van der Waals surface area (Å²) in [4.78, 5) is 0. The van der Waals surface area contributed by atoms with Gasteiger partial charge in [0.1, 0.15) is 0 Å². The first kappa shape index (κ1) is 19.5. The van der Waals surface area contributed by atoms with Gasteiger partial charge in [0.25, 0.3) is 0 Å². The molecule has 0 saturated heterocycles. The van der Waals surface area contributed by atoms with Crippen molar-refractivity contribution < 1.29 is 34.3 Å². The van der Waals surface area contributed by atoms with Crippen molar-refractivity contribution in [2.24, 2.45) is 0 Å². The minimum Gasteiger partial charge on any atom is -0.343 e. The topological polar surface area (TPSA) is 0 Å². The van der Waals surface area contributed by atoms with Crippen molar-refractivity contribution in [3.8, 4) is 0 Å². The van der Waals surface area contributed by atoms with Gasteiger partial charge >= 0.3 is 29.6 Å². The molecule has 13 heavy (non-hydrogen) atoms. The van der Waals surface area contributed by atoms with E-state index < -0.39 is 0 Å². The van der Waals surface area contributed by atoms with Crippen LogP contribution >= 0.6 is 0 Å². The first-order valence-corrected chi connectivity index (χ1v) is 5.21. The molecule has 0 N–H and O–H groups in total. The summed E-state index contributed by atoms with van der Waals surface area (Å²) in [5.41, 5.74) is 0. The summed E-state index contributed by atoms with van der Waals surface area (Å²) in [6.45, 7) is 6.10. The van der Waals surface area contributed by atoms with Gasteiger partial charge in [-0.3, -0.25) is 4.70 Å². The first-order chi connectivity index (χ1) is 5.41. The Morgan fingerprint density at radius 3 is 1.54 bits per heavy atom. The van der Waals surface area contributed by atoms with Crippen LogP contribution in [-0.4, -0.2) is 0 Å². The summed E-state index contributed by atoms with van der Waals surface area (Å²) in [6, 6.07) is 0. The SMILES string of the molecule is F.[CH2-]CCCCCCCCCC.[Na+]. The quantitative estimate of drug-likeness (QED) is 0.315. The van der Waals surface area contributed by atoms with E-state index in [-0.39, 0.29) is 34.3 Å². The van der Waals surface area contributed by atoms with Gasteiger partial charge in [-0.05, 0) is 0 Å². The van der Waals surface area contributed by atoms with E-state index in [0.29, 0.717) is 0 Å². The zero-order chi connectivity index (χ0) is 8.36. The van der Waals surface area contributed by atoms with Gasteiger partial charge in [-0.2, -0.15) is 6.42 Å². The van der Waals surface area contributed by atoms with Crippen LogP contribution in [0.25, 0.3) is 0 Å². The number of hydrogen-bond acceptors (Lipinski definition) is 0. The third kappa shape index (κ3) is 19.4. The maximum absolute atomic E-state index is 3.83. The summed E-state index contributed by atoms with van der Waals surface area (Å²) in [5.74, 6) is 0. The first-order valence-electron chi connectivity index (χ1n) is 5.21. The van der Waals surface area contributed by atoms with Crippen LogP contribution in [-0.2, 0) is 0 Å². The molecule has 0 atom stereocenters. The van der Waals surface area contributed by atoms with Gasteiger partial charge in [-0.25, -0.2) is 0 Å². The minimum absolute atomic E-state index is 0. The molecule has 0 aliphatic heterocycles. The molecule has 0 rings (SSSR count). The van der Waals surface area contributed by atoms with Gasteiger partial charge in [0.2, 0.25) is 0 Å². The van der Waals surface area contributed by atoms with Crippen LogP contribution in [0.15, 0.2) is 0 Å². The average molecular weight is 198 g/mol. The third-order valence-corrected chi connectivity index (χ3v) is 2.10. The molecule has 0 aliphatic rings. The standard InChI is InChI=1S/C11H23.FH.Na/c1-3-5-7-9-11-10-8-6-4-2;;/h1,3-11H2,2H3;1H;/q-1;;+1. The van der Waals surface area contributed by atoms with Crippen molar-refractivity contribution in [2.75, 3.05) is 0 Å². The molecule has 0 spiro atoms. The number of rotatable bonds is 8. The molecule has 0 aromatic heterocycles. The van der Waals surface area contributed by atoms with Gasteiger partial charge in [0, 0.05) is 0 Å². The maximum Gasteiger partial charge on any atom is 1.00 e. The Bertz CT molecular complexity index is 59.1. The van der Waals surface area contributed by atoms with E-state index in [1.54, 1.807) is 0 Å². The average Bonchev–Trinajstić information content (AvgIpc) is 2.03. The Morgan fingerprint density at radius 2 is 1.15 bits per heavy atom. The predicted molar refractivity (Wildman–Crippen MR) is 55.1 cm³/mol. The van der Waals surface area contributed by atoms with E-state index >= 15 is 0 Å². The van der Waals surface area contributed by atoms with Gasteiger partial charge in [0.15, 0.2) is 0 Å². The van der Waals surface area contributed by atoms with Crippen LogP contribution in [0.1, 0.15) is 64.7 Å². The molecule has 0 aliphatic carbocycles. The van der Waals surface area contributed by atoms with Crippen molar-refractivity contribution in [1.82, 2.24) is 0 Å². The van der Waals surface area contributed by atoms with E-state index in [9.17, 15) is 0 Å².